The van der Waals surface area contributed by atoms with E-state index in [1.54, 1.807) is 18.2 Å². The van der Waals surface area contributed by atoms with Gasteiger partial charge in [0.1, 0.15) is 6.54 Å². The van der Waals surface area contributed by atoms with E-state index in [4.69, 9.17) is 10.00 Å². The van der Waals surface area contributed by atoms with Crippen molar-refractivity contribution in [3.63, 3.8) is 0 Å². The molecule has 0 unspecified atom stereocenters. The topological polar surface area (TPSA) is 79.2 Å². The molecule has 5 nitrogen and oxygen atoms in total. The molecule has 0 saturated carbocycles. The minimum absolute atomic E-state index is 0.199. The van der Waals surface area contributed by atoms with Gasteiger partial charge in [0.15, 0.2) is 5.06 Å². The first-order valence-electron chi connectivity index (χ1n) is 5.44. The van der Waals surface area contributed by atoms with Crippen LogP contribution in [0.1, 0.15) is 10.4 Å². The van der Waals surface area contributed by atoms with Crippen molar-refractivity contribution < 1.29 is 14.3 Å². The highest BCUT2D eigenvalue weighted by atomic mass is 32.1. The molecule has 1 aromatic heterocycles. The minimum Gasteiger partial charge on any atom is -0.487 e. The molecule has 96 valence electrons. The number of carbonyl (C=O) groups excluding carboxylic acids is 2. The van der Waals surface area contributed by atoms with Crippen LogP contribution in [-0.4, -0.2) is 25.3 Å². The maximum Gasteiger partial charge on any atom is 0.293 e. The van der Waals surface area contributed by atoms with Gasteiger partial charge in [-0.25, -0.2) is 0 Å². The van der Waals surface area contributed by atoms with Crippen LogP contribution < -0.4 is 10.1 Å². The summed E-state index contributed by atoms with van der Waals surface area (Å²) in [6.45, 7) is -0.199. The van der Waals surface area contributed by atoms with Gasteiger partial charge in [0.25, 0.3) is 11.7 Å². The van der Waals surface area contributed by atoms with Crippen LogP contribution in [0.15, 0.2) is 24.3 Å². The summed E-state index contributed by atoms with van der Waals surface area (Å²) in [5.74, 6) is -1.49. The first-order valence-corrected chi connectivity index (χ1v) is 6.25. The van der Waals surface area contributed by atoms with Crippen LogP contribution in [0.2, 0.25) is 0 Å². The Morgan fingerprint density at radius 2 is 2.16 bits per heavy atom. The van der Waals surface area contributed by atoms with E-state index in [0.717, 1.165) is 4.70 Å². The maximum absolute atomic E-state index is 12.1. The average molecular weight is 274 g/mol. The summed E-state index contributed by atoms with van der Waals surface area (Å²) in [7, 11) is 1.45. The molecule has 0 aliphatic heterocycles. The summed E-state index contributed by atoms with van der Waals surface area (Å²) in [5, 5.41) is 11.7. The lowest BCUT2D eigenvalue weighted by Crippen LogP contribution is -2.31. The van der Waals surface area contributed by atoms with Gasteiger partial charge in [0.05, 0.1) is 18.7 Å². The van der Waals surface area contributed by atoms with Crippen LogP contribution >= 0.6 is 11.3 Å². The zero-order valence-electron chi connectivity index (χ0n) is 10.1. The number of nitrogens with zero attached hydrogens (tertiary/aromatic N) is 1. The highest BCUT2D eigenvalue weighted by Crippen LogP contribution is 2.37. The van der Waals surface area contributed by atoms with E-state index in [9.17, 15) is 9.59 Å². The third-order valence-electron chi connectivity index (χ3n) is 2.51. The van der Waals surface area contributed by atoms with Gasteiger partial charge >= 0.3 is 0 Å². The molecule has 0 atom stereocenters. The van der Waals surface area contributed by atoms with E-state index in [2.05, 4.69) is 5.32 Å². The second-order valence-corrected chi connectivity index (χ2v) is 4.65. The number of thiophene rings is 1. The molecule has 0 saturated heterocycles. The molecular weight excluding hydrogens is 264 g/mol. The van der Waals surface area contributed by atoms with Gasteiger partial charge in [-0.2, -0.15) is 5.26 Å². The van der Waals surface area contributed by atoms with Gasteiger partial charge in [-0.3, -0.25) is 9.59 Å². The lowest BCUT2D eigenvalue weighted by Gasteiger charge is -2.02. The molecule has 6 heteroatoms. The number of carbonyl (C=O) groups is 2. The Morgan fingerprint density at radius 1 is 1.42 bits per heavy atom. The van der Waals surface area contributed by atoms with Crippen LogP contribution in [0.25, 0.3) is 10.1 Å². The highest BCUT2D eigenvalue weighted by molar-refractivity contribution is 7.21. The fraction of sp³-hybridized carbons (Fsp3) is 0.154. The molecule has 0 bridgehead atoms. The van der Waals surface area contributed by atoms with Crippen molar-refractivity contribution in [2.45, 2.75) is 0 Å². The van der Waals surface area contributed by atoms with Gasteiger partial charge in [0.2, 0.25) is 0 Å². The summed E-state index contributed by atoms with van der Waals surface area (Å²) in [6.07, 6.45) is 0. The number of nitrogens with one attached hydrogen (secondary N) is 1. The zero-order valence-corrected chi connectivity index (χ0v) is 10.9. The Labute approximate surface area is 113 Å². The first-order chi connectivity index (χ1) is 9.19. The molecule has 1 heterocycles. The SMILES string of the molecule is COc1sc2ccccc2c1C(=O)C(=O)NCC#N. The molecule has 0 aliphatic rings. The molecule has 0 spiro atoms. The molecule has 1 amide bonds. The van der Waals surface area contributed by atoms with Crippen molar-refractivity contribution in [3.05, 3.63) is 29.8 Å². The van der Waals surface area contributed by atoms with Crippen molar-refractivity contribution >= 4 is 33.1 Å². The number of hydrogen-bond donors (Lipinski definition) is 1. The summed E-state index contributed by atoms with van der Waals surface area (Å²) >= 11 is 1.31. The fourth-order valence-electron chi connectivity index (χ4n) is 1.70. The van der Waals surface area contributed by atoms with Gasteiger partial charge in [0, 0.05) is 10.1 Å². The summed E-state index contributed by atoms with van der Waals surface area (Å²) in [5.41, 5.74) is 0.249. The molecule has 1 N–H and O–H groups in total. The second-order valence-electron chi connectivity index (χ2n) is 3.63. The number of ether oxygens (including phenoxy) is 1. The van der Waals surface area contributed by atoms with E-state index >= 15 is 0 Å². The number of amides is 1. The predicted molar refractivity (Wildman–Crippen MR) is 71.3 cm³/mol. The van der Waals surface area contributed by atoms with Crippen molar-refractivity contribution in [1.82, 2.24) is 5.32 Å². The molecule has 2 rings (SSSR count). The van der Waals surface area contributed by atoms with Crippen LogP contribution in [0.5, 0.6) is 5.06 Å². The van der Waals surface area contributed by atoms with Crippen LogP contribution in [0.4, 0.5) is 0 Å². The number of Topliss-reactive ketones (excluding diaryl/α,β-unsaturated/α-hetero) is 1. The van der Waals surface area contributed by atoms with E-state index in [1.807, 2.05) is 12.1 Å². The number of hydrogen-bond acceptors (Lipinski definition) is 5. The van der Waals surface area contributed by atoms with Crippen molar-refractivity contribution in [1.29, 1.82) is 5.26 Å². The van der Waals surface area contributed by atoms with Crippen LogP contribution in [0.3, 0.4) is 0 Å². The summed E-state index contributed by atoms with van der Waals surface area (Å²) < 4.78 is 6.03. The number of fused-ring (bicyclic) bond motifs is 1. The third kappa shape index (κ3) is 2.41. The Bertz CT molecular complexity index is 685. The number of ketones is 1. The minimum atomic E-state index is -0.802. The molecule has 0 radical (unpaired) electrons. The Balaban J connectivity index is 2.46. The smallest absolute Gasteiger partial charge is 0.293 e. The molecule has 2 aromatic rings. The third-order valence-corrected chi connectivity index (χ3v) is 3.64. The molecule has 19 heavy (non-hydrogen) atoms. The lowest BCUT2D eigenvalue weighted by molar-refractivity contribution is -0.116. The standard InChI is InChI=1S/C13H10N2O3S/c1-18-13-10(11(16)12(17)15-7-6-14)8-4-2-3-5-9(8)19-13/h2-5H,7H2,1H3,(H,15,17). The van der Waals surface area contributed by atoms with Crippen LogP contribution in [0, 0.1) is 11.3 Å². The number of rotatable bonds is 4. The number of benzene rings is 1. The largest absolute Gasteiger partial charge is 0.487 e. The summed E-state index contributed by atoms with van der Waals surface area (Å²) in [4.78, 5) is 23.8. The van der Waals surface area contributed by atoms with Crippen molar-refractivity contribution in [2.24, 2.45) is 0 Å². The predicted octanol–water partition coefficient (Wildman–Crippen LogP) is 1.73. The molecule has 1 aromatic carbocycles. The van der Waals surface area contributed by atoms with Gasteiger partial charge in [-0.15, -0.1) is 0 Å². The Hall–Kier alpha value is -2.39. The van der Waals surface area contributed by atoms with E-state index in [0.29, 0.717) is 10.4 Å². The van der Waals surface area contributed by atoms with Gasteiger partial charge in [-0.05, 0) is 6.07 Å². The van der Waals surface area contributed by atoms with Gasteiger partial charge in [-0.1, -0.05) is 29.5 Å². The van der Waals surface area contributed by atoms with E-state index in [-0.39, 0.29) is 12.1 Å². The Kier molecular flexibility index (Phi) is 3.78. The number of methoxy groups -OCH3 is 1. The van der Waals surface area contributed by atoms with E-state index < -0.39 is 11.7 Å². The lowest BCUT2D eigenvalue weighted by atomic mass is 10.1. The highest BCUT2D eigenvalue weighted by Gasteiger charge is 2.24. The average Bonchev–Trinajstić information content (AvgIpc) is 2.82. The van der Waals surface area contributed by atoms with Crippen molar-refractivity contribution in [3.8, 4) is 11.1 Å². The monoisotopic (exact) mass is 274 g/mol. The van der Waals surface area contributed by atoms with Gasteiger partial charge < -0.3 is 10.1 Å². The fourth-order valence-corrected chi connectivity index (χ4v) is 2.71. The maximum atomic E-state index is 12.1. The Morgan fingerprint density at radius 3 is 2.84 bits per heavy atom. The first kappa shape index (κ1) is 13.1. The van der Waals surface area contributed by atoms with Crippen LogP contribution in [-0.2, 0) is 4.79 Å². The normalized spacial score (nSPS) is 9.89. The molecular formula is C13H10N2O3S. The van der Waals surface area contributed by atoms with Crippen molar-refractivity contribution in [2.75, 3.05) is 13.7 Å². The quantitative estimate of drug-likeness (QED) is 0.523. The number of nitriles is 1. The zero-order chi connectivity index (χ0) is 13.8. The second kappa shape index (κ2) is 5.50. The molecule has 0 fully saturated rings. The van der Waals surface area contributed by atoms with E-state index in [1.165, 1.54) is 18.4 Å². The molecule has 0 aliphatic carbocycles. The summed E-state index contributed by atoms with van der Waals surface area (Å²) in [6, 6.07) is 9.01.